The molecule has 6 heteroatoms. The molecule has 0 aliphatic carbocycles. The summed E-state index contributed by atoms with van der Waals surface area (Å²) in [6, 6.07) is 18.0. The Balaban J connectivity index is 1.74. The lowest BCUT2D eigenvalue weighted by Gasteiger charge is -2.17. The summed E-state index contributed by atoms with van der Waals surface area (Å²) in [5.41, 5.74) is 2.88. The zero-order valence-corrected chi connectivity index (χ0v) is 19.2. The number of hydrogen-bond donors (Lipinski definition) is 3. The first kappa shape index (κ1) is 24.4. The van der Waals surface area contributed by atoms with Gasteiger partial charge in [-0.3, -0.25) is 9.79 Å². The predicted octanol–water partition coefficient (Wildman–Crippen LogP) is 3.73. The zero-order chi connectivity index (χ0) is 22.5. The van der Waals surface area contributed by atoms with E-state index in [1.807, 2.05) is 49.4 Å². The Hall–Kier alpha value is -2.86. The summed E-state index contributed by atoms with van der Waals surface area (Å²) < 4.78 is 5.81. The summed E-state index contributed by atoms with van der Waals surface area (Å²) in [6.07, 6.45) is 0.907. The maximum atomic E-state index is 12.3. The largest absolute Gasteiger partial charge is 0.376 e. The molecule has 0 aliphatic heterocycles. The van der Waals surface area contributed by atoms with Crippen molar-refractivity contribution in [3.8, 4) is 0 Å². The fraction of sp³-hybridized carbons (Fsp3) is 0.440. The molecule has 0 fully saturated rings. The molecule has 0 saturated heterocycles. The Bertz CT molecular complexity index is 823. The van der Waals surface area contributed by atoms with Crippen molar-refractivity contribution in [2.45, 2.75) is 46.4 Å². The van der Waals surface area contributed by atoms with E-state index in [-0.39, 0.29) is 11.9 Å². The quantitative estimate of drug-likeness (QED) is 0.380. The van der Waals surface area contributed by atoms with E-state index in [0.29, 0.717) is 31.2 Å². The molecule has 0 heterocycles. The minimum atomic E-state index is -0.0389. The number of guanidine groups is 1. The second-order valence-electron chi connectivity index (χ2n) is 7.90. The van der Waals surface area contributed by atoms with Crippen LogP contribution in [0, 0.1) is 5.92 Å². The van der Waals surface area contributed by atoms with Crippen molar-refractivity contribution in [1.82, 2.24) is 16.0 Å². The smallest absolute Gasteiger partial charge is 0.251 e. The molecule has 6 nitrogen and oxygen atoms in total. The van der Waals surface area contributed by atoms with Crippen molar-refractivity contribution in [3.05, 3.63) is 71.3 Å². The van der Waals surface area contributed by atoms with E-state index in [0.717, 1.165) is 24.5 Å². The van der Waals surface area contributed by atoms with E-state index in [4.69, 9.17) is 4.74 Å². The molecular weight excluding hydrogens is 388 g/mol. The zero-order valence-electron chi connectivity index (χ0n) is 19.2. The molecule has 2 rings (SSSR count). The van der Waals surface area contributed by atoms with Crippen LogP contribution in [-0.2, 0) is 17.9 Å². The lowest BCUT2D eigenvalue weighted by Crippen LogP contribution is -2.39. The van der Waals surface area contributed by atoms with Crippen LogP contribution in [0.3, 0.4) is 0 Å². The third-order valence-electron chi connectivity index (χ3n) is 4.99. The molecule has 1 amide bonds. The second-order valence-corrected chi connectivity index (χ2v) is 7.90. The highest BCUT2D eigenvalue weighted by atomic mass is 16.5. The summed E-state index contributed by atoms with van der Waals surface area (Å²) in [7, 11) is 1.75. The molecule has 0 aliphatic rings. The maximum absolute atomic E-state index is 12.3. The minimum Gasteiger partial charge on any atom is -0.376 e. The number of nitrogens with one attached hydrogen (secondary N) is 3. The van der Waals surface area contributed by atoms with Gasteiger partial charge in [0.2, 0.25) is 0 Å². The third-order valence-corrected chi connectivity index (χ3v) is 4.99. The first-order valence-electron chi connectivity index (χ1n) is 11.0. The van der Waals surface area contributed by atoms with Crippen LogP contribution in [0.2, 0.25) is 0 Å². The maximum Gasteiger partial charge on any atom is 0.251 e. The van der Waals surface area contributed by atoms with Gasteiger partial charge >= 0.3 is 0 Å². The first-order valence-corrected chi connectivity index (χ1v) is 11.0. The SMILES string of the molecule is CCC(C)NC(=O)c1cccc(CNC(=NC)NCC(C)COCc2ccccc2)c1. The number of hydrogen-bond acceptors (Lipinski definition) is 3. The highest BCUT2D eigenvalue weighted by molar-refractivity contribution is 5.94. The van der Waals surface area contributed by atoms with Crippen molar-refractivity contribution in [3.63, 3.8) is 0 Å². The summed E-state index contributed by atoms with van der Waals surface area (Å²) in [5, 5.41) is 9.65. The Labute approximate surface area is 186 Å². The molecule has 0 bridgehead atoms. The minimum absolute atomic E-state index is 0.0389. The highest BCUT2D eigenvalue weighted by Gasteiger charge is 2.09. The summed E-state index contributed by atoms with van der Waals surface area (Å²) in [5.74, 6) is 1.03. The van der Waals surface area contributed by atoms with Crippen LogP contribution in [0.15, 0.2) is 59.6 Å². The number of amides is 1. The fourth-order valence-corrected chi connectivity index (χ4v) is 2.92. The molecule has 2 aromatic carbocycles. The van der Waals surface area contributed by atoms with Crippen LogP contribution in [0.5, 0.6) is 0 Å². The van der Waals surface area contributed by atoms with Gasteiger partial charge in [0.1, 0.15) is 0 Å². The highest BCUT2D eigenvalue weighted by Crippen LogP contribution is 2.06. The Morgan fingerprint density at radius 2 is 1.77 bits per heavy atom. The summed E-state index contributed by atoms with van der Waals surface area (Å²) in [6.45, 7) is 8.84. The molecule has 31 heavy (non-hydrogen) atoms. The molecule has 2 atom stereocenters. The van der Waals surface area contributed by atoms with Gasteiger partial charge < -0.3 is 20.7 Å². The van der Waals surface area contributed by atoms with E-state index in [9.17, 15) is 4.79 Å². The number of carbonyl (C=O) groups excluding carboxylic acids is 1. The van der Waals surface area contributed by atoms with E-state index in [1.54, 1.807) is 7.05 Å². The van der Waals surface area contributed by atoms with Crippen molar-refractivity contribution < 1.29 is 9.53 Å². The van der Waals surface area contributed by atoms with E-state index < -0.39 is 0 Å². The van der Waals surface area contributed by atoms with Crippen LogP contribution in [-0.4, -0.2) is 38.1 Å². The molecule has 3 N–H and O–H groups in total. The molecule has 168 valence electrons. The Morgan fingerprint density at radius 3 is 2.48 bits per heavy atom. The van der Waals surface area contributed by atoms with E-state index >= 15 is 0 Å². The van der Waals surface area contributed by atoms with E-state index in [1.165, 1.54) is 5.56 Å². The number of nitrogens with zero attached hydrogens (tertiary/aromatic N) is 1. The summed E-state index contributed by atoms with van der Waals surface area (Å²) >= 11 is 0. The van der Waals surface area contributed by atoms with Crippen molar-refractivity contribution in [2.75, 3.05) is 20.2 Å². The molecule has 0 saturated carbocycles. The monoisotopic (exact) mass is 424 g/mol. The molecule has 2 aromatic rings. The van der Waals surface area contributed by atoms with Gasteiger partial charge in [-0.05, 0) is 42.5 Å². The van der Waals surface area contributed by atoms with E-state index in [2.05, 4.69) is 46.9 Å². The second kappa shape index (κ2) is 13.4. The number of carbonyl (C=O) groups is 1. The predicted molar refractivity (Wildman–Crippen MR) is 127 cm³/mol. The lowest BCUT2D eigenvalue weighted by atomic mass is 10.1. The number of ether oxygens (including phenoxy) is 1. The Kier molecular flexibility index (Phi) is 10.6. The van der Waals surface area contributed by atoms with Crippen molar-refractivity contribution >= 4 is 11.9 Å². The number of benzene rings is 2. The number of aliphatic imine (C=N–C) groups is 1. The van der Waals surface area contributed by atoms with Crippen LogP contribution >= 0.6 is 0 Å². The van der Waals surface area contributed by atoms with Crippen LogP contribution < -0.4 is 16.0 Å². The van der Waals surface area contributed by atoms with Gasteiger partial charge in [-0.2, -0.15) is 0 Å². The van der Waals surface area contributed by atoms with Gasteiger partial charge in [0.25, 0.3) is 5.91 Å². The first-order chi connectivity index (χ1) is 15.0. The van der Waals surface area contributed by atoms with Gasteiger partial charge in [0.05, 0.1) is 13.2 Å². The number of rotatable bonds is 11. The normalized spacial score (nSPS) is 13.4. The van der Waals surface area contributed by atoms with Gasteiger partial charge in [0, 0.05) is 31.7 Å². The van der Waals surface area contributed by atoms with Gasteiger partial charge in [0.15, 0.2) is 5.96 Å². The standard InChI is InChI=1S/C25H36N4O2/c1-5-20(3)29-24(30)23-13-9-12-22(14-23)16-28-25(26-4)27-15-19(2)17-31-18-21-10-7-6-8-11-21/h6-14,19-20H,5,15-18H2,1-4H3,(H,29,30)(H2,26,27,28). The third kappa shape index (κ3) is 9.22. The Morgan fingerprint density at radius 1 is 1.03 bits per heavy atom. The van der Waals surface area contributed by atoms with Gasteiger partial charge in [-0.1, -0.05) is 56.3 Å². The average Bonchev–Trinajstić information content (AvgIpc) is 2.80. The fourth-order valence-electron chi connectivity index (χ4n) is 2.92. The molecular formula is C25H36N4O2. The van der Waals surface area contributed by atoms with Gasteiger partial charge in [-0.25, -0.2) is 0 Å². The van der Waals surface area contributed by atoms with Gasteiger partial charge in [-0.15, -0.1) is 0 Å². The molecule has 2 unspecified atom stereocenters. The summed E-state index contributed by atoms with van der Waals surface area (Å²) in [4.78, 5) is 16.6. The molecule has 0 spiro atoms. The lowest BCUT2D eigenvalue weighted by molar-refractivity contribution is 0.0931. The average molecular weight is 425 g/mol. The van der Waals surface area contributed by atoms with Crippen LogP contribution in [0.4, 0.5) is 0 Å². The van der Waals surface area contributed by atoms with Crippen LogP contribution in [0.1, 0.15) is 48.7 Å². The molecule has 0 aromatic heterocycles. The van der Waals surface area contributed by atoms with Crippen LogP contribution in [0.25, 0.3) is 0 Å². The van der Waals surface area contributed by atoms with Crippen molar-refractivity contribution in [1.29, 1.82) is 0 Å². The topological polar surface area (TPSA) is 74.8 Å². The molecule has 0 radical (unpaired) electrons. The van der Waals surface area contributed by atoms with Crippen molar-refractivity contribution in [2.24, 2.45) is 10.9 Å².